The Kier molecular flexibility index (Phi) is 6.93. The van der Waals surface area contributed by atoms with Gasteiger partial charge in [0.05, 0.1) is 11.8 Å². The first kappa shape index (κ1) is 17.4. The Balaban J connectivity index is 2.39. The van der Waals surface area contributed by atoms with Crippen LogP contribution in [-0.2, 0) is 10.0 Å². The molecule has 0 spiro atoms. The van der Waals surface area contributed by atoms with Crippen LogP contribution in [-0.4, -0.2) is 44.7 Å². The lowest BCUT2D eigenvalue weighted by Crippen LogP contribution is -2.47. The van der Waals surface area contributed by atoms with Gasteiger partial charge in [-0.15, -0.1) is 0 Å². The number of hydrogen-bond acceptors (Lipinski definition) is 4. The summed E-state index contributed by atoms with van der Waals surface area (Å²) in [5.41, 5.74) is 0. The summed E-state index contributed by atoms with van der Waals surface area (Å²) >= 11 is 0. The highest BCUT2D eigenvalue weighted by Crippen LogP contribution is 2.20. The molecular formula is C14H27N3O2S. The Hall–Kier alpha value is -0.640. The van der Waals surface area contributed by atoms with E-state index in [0.717, 1.165) is 19.6 Å². The number of unbranched alkanes of at least 4 members (excludes halogenated alkanes) is 1. The summed E-state index contributed by atoms with van der Waals surface area (Å²) in [4.78, 5) is 2.35. The molecule has 1 aliphatic rings. The molecule has 0 amide bonds. The zero-order valence-electron chi connectivity index (χ0n) is 12.8. The summed E-state index contributed by atoms with van der Waals surface area (Å²) in [7, 11) is -3.26. The van der Waals surface area contributed by atoms with E-state index in [1.54, 1.807) is 0 Å². The molecule has 0 aromatic rings. The second-order valence-corrected chi connectivity index (χ2v) is 8.14. The predicted molar refractivity (Wildman–Crippen MR) is 80.6 cm³/mol. The summed E-state index contributed by atoms with van der Waals surface area (Å²) in [6, 6.07) is 1.88. The maximum absolute atomic E-state index is 11.8. The lowest BCUT2D eigenvalue weighted by molar-refractivity contribution is 0.134. The van der Waals surface area contributed by atoms with Crippen molar-refractivity contribution in [3.05, 3.63) is 0 Å². The Morgan fingerprint density at radius 1 is 1.35 bits per heavy atom. The van der Waals surface area contributed by atoms with Gasteiger partial charge in [0.25, 0.3) is 0 Å². The van der Waals surface area contributed by atoms with Crippen LogP contribution >= 0.6 is 0 Å². The van der Waals surface area contributed by atoms with Gasteiger partial charge in [0.15, 0.2) is 0 Å². The first-order valence-corrected chi connectivity index (χ1v) is 9.07. The van der Waals surface area contributed by atoms with Crippen LogP contribution in [0.4, 0.5) is 0 Å². The molecule has 0 unspecified atom stereocenters. The zero-order chi connectivity index (χ0) is 15.2. The number of hydrogen-bond donors (Lipinski definition) is 1. The van der Waals surface area contributed by atoms with Crippen molar-refractivity contribution in [3.8, 4) is 6.07 Å². The molecule has 0 saturated carbocycles. The fourth-order valence-electron chi connectivity index (χ4n) is 3.07. The van der Waals surface area contributed by atoms with Crippen molar-refractivity contribution in [2.24, 2.45) is 11.8 Å². The van der Waals surface area contributed by atoms with Crippen LogP contribution < -0.4 is 4.72 Å². The maximum Gasteiger partial charge on any atom is 0.211 e. The molecule has 116 valence electrons. The monoisotopic (exact) mass is 301 g/mol. The van der Waals surface area contributed by atoms with E-state index < -0.39 is 10.0 Å². The Morgan fingerprint density at radius 2 is 1.95 bits per heavy atom. The van der Waals surface area contributed by atoms with Crippen molar-refractivity contribution >= 4 is 10.0 Å². The molecule has 1 N–H and O–H groups in total. The summed E-state index contributed by atoms with van der Waals surface area (Å²) in [6.45, 7) is 9.26. The molecule has 1 heterocycles. The Bertz CT molecular complexity index is 420. The topological polar surface area (TPSA) is 73.2 Å². The van der Waals surface area contributed by atoms with Crippen molar-refractivity contribution in [2.45, 2.75) is 46.1 Å². The minimum atomic E-state index is -3.26. The van der Waals surface area contributed by atoms with Crippen LogP contribution in [0.1, 0.15) is 40.0 Å². The summed E-state index contributed by atoms with van der Waals surface area (Å²) in [5.74, 6) is 1.40. The van der Waals surface area contributed by atoms with Gasteiger partial charge >= 0.3 is 0 Å². The molecule has 6 heteroatoms. The van der Waals surface area contributed by atoms with E-state index in [1.807, 2.05) is 13.0 Å². The largest absolute Gasteiger partial charge is 0.301 e. The predicted octanol–water partition coefficient (Wildman–Crippen LogP) is 1.58. The van der Waals surface area contributed by atoms with E-state index in [-0.39, 0.29) is 18.2 Å². The van der Waals surface area contributed by atoms with Crippen molar-refractivity contribution < 1.29 is 8.42 Å². The number of piperidine rings is 1. The molecule has 0 aromatic carbocycles. The normalized spacial score (nSPS) is 26.1. The second kappa shape index (κ2) is 7.96. The SMILES string of the molecule is C[C@@H]1C[C@H](C)CN(C[C@H](C)NS(=O)(=O)CCCC#N)C1. The van der Waals surface area contributed by atoms with Gasteiger partial charge in [-0.05, 0) is 31.6 Å². The molecule has 0 aromatic heterocycles. The van der Waals surface area contributed by atoms with Crippen molar-refractivity contribution in [2.75, 3.05) is 25.4 Å². The van der Waals surface area contributed by atoms with Crippen LogP contribution in [0.15, 0.2) is 0 Å². The number of nitriles is 1. The highest BCUT2D eigenvalue weighted by Gasteiger charge is 2.24. The molecule has 0 radical (unpaired) electrons. The van der Waals surface area contributed by atoms with Crippen LogP contribution in [0, 0.1) is 23.2 Å². The lowest BCUT2D eigenvalue weighted by Gasteiger charge is -2.36. The van der Waals surface area contributed by atoms with Crippen LogP contribution in [0.5, 0.6) is 0 Å². The van der Waals surface area contributed by atoms with Crippen LogP contribution in [0.2, 0.25) is 0 Å². The minimum absolute atomic E-state index is 0.0394. The zero-order valence-corrected chi connectivity index (χ0v) is 13.6. The molecular weight excluding hydrogens is 274 g/mol. The number of nitrogens with zero attached hydrogens (tertiary/aromatic N) is 2. The molecule has 1 rings (SSSR count). The van der Waals surface area contributed by atoms with Crippen molar-refractivity contribution in [1.29, 1.82) is 5.26 Å². The van der Waals surface area contributed by atoms with E-state index in [1.165, 1.54) is 6.42 Å². The molecule has 5 nitrogen and oxygen atoms in total. The molecule has 20 heavy (non-hydrogen) atoms. The first-order valence-electron chi connectivity index (χ1n) is 7.41. The molecule has 1 aliphatic heterocycles. The highest BCUT2D eigenvalue weighted by molar-refractivity contribution is 7.89. The summed E-state index contributed by atoms with van der Waals surface area (Å²) in [5, 5.41) is 8.44. The van der Waals surface area contributed by atoms with Crippen LogP contribution in [0.25, 0.3) is 0 Å². The van der Waals surface area contributed by atoms with Gasteiger partial charge in [0, 0.05) is 32.1 Å². The number of sulfonamides is 1. The van der Waals surface area contributed by atoms with E-state index >= 15 is 0 Å². The fraction of sp³-hybridized carbons (Fsp3) is 0.929. The number of nitrogens with one attached hydrogen (secondary N) is 1. The Labute approximate surface area is 123 Å². The van der Waals surface area contributed by atoms with Crippen LogP contribution in [0.3, 0.4) is 0 Å². The standard InChI is InChI=1S/C14H27N3O2S/c1-12-8-13(2)10-17(9-12)11-14(3)16-20(18,19)7-5-4-6-15/h12-14,16H,4-5,7-11H2,1-3H3/t12-,13+,14-/m0/s1. The number of rotatable bonds is 7. The molecule has 1 fully saturated rings. The van der Waals surface area contributed by atoms with Gasteiger partial charge in [0.1, 0.15) is 0 Å². The van der Waals surface area contributed by atoms with Gasteiger partial charge < -0.3 is 4.90 Å². The summed E-state index contributed by atoms with van der Waals surface area (Å²) < 4.78 is 26.4. The average Bonchev–Trinajstić information content (AvgIpc) is 2.26. The fourth-order valence-corrected chi connectivity index (χ4v) is 4.40. The molecule has 0 bridgehead atoms. The quantitative estimate of drug-likeness (QED) is 0.725. The van der Waals surface area contributed by atoms with E-state index in [0.29, 0.717) is 18.3 Å². The van der Waals surface area contributed by atoms with Crippen molar-refractivity contribution in [1.82, 2.24) is 9.62 Å². The number of likely N-dealkylation sites (tertiary alicyclic amines) is 1. The molecule has 1 saturated heterocycles. The minimum Gasteiger partial charge on any atom is -0.301 e. The van der Waals surface area contributed by atoms with Gasteiger partial charge in [-0.2, -0.15) is 5.26 Å². The first-order chi connectivity index (χ1) is 9.32. The van der Waals surface area contributed by atoms with Gasteiger partial charge in [-0.25, -0.2) is 13.1 Å². The third kappa shape index (κ3) is 6.69. The third-order valence-electron chi connectivity index (χ3n) is 3.56. The third-order valence-corrected chi connectivity index (χ3v) is 5.15. The average molecular weight is 301 g/mol. The Morgan fingerprint density at radius 3 is 2.50 bits per heavy atom. The van der Waals surface area contributed by atoms with Crippen molar-refractivity contribution in [3.63, 3.8) is 0 Å². The van der Waals surface area contributed by atoms with E-state index in [2.05, 4.69) is 23.5 Å². The van der Waals surface area contributed by atoms with Gasteiger partial charge in [-0.1, -0.05) is 13.8 Å². The highest BCUT2D eigenvalue weighted by atomic mass is 32.2. The van der Waals surface area contributed by atoms with Gasteiger partial charge in [-0.3, -0.25) is 0 Å². The lowest BCUT2D eigenvalue weighted by atomic mass is 9.92. The molecule has 0 aliphatic carbocycles. The smallest absolute Gasteiger partial charge is 0.211 e. The van der Waals surface area contributed by atoms with E-state index in [4.69, 9.17) is 5.26 Å². The second-order valence-electron chi connectivity index (χ2n) is 6.26. The van der Waals surface area contributed by atoms with Gasteiger partial charge in [0.2, 0.25) is 10.0 Å². The van der Waals surface area contributed by atoms with E-state index in [9.17, 15) is 8.42 Å². The molecule has 3 atom stereocenters. The maximum atomic E-state index is 11.8. The summed E-state index contributed by atoms with van der Waals surface area (Å²) in [6.07, 6.45) is 1.94.